The molecule has 2 aromatic heterocycles. The van der Waals surface area contributed by atoms with Crippen molar-refractivity contribution in [1.82, 2.24) is 19.7 Å². The van der Waals surface area contributed by atoms with Gasteiger partial charge in [-0.15, -0.1) is 0 Å². The van der Waals surface area contributed by atoms with Gasteiger partial charge in [0.05, 0.1) is 18.7 Å². The van der Waals surface area contributed by atoms with Gasteiger partial charge in [-0.1, -0.05) is 0 Å². The number of carbonyl (C=O) groups excluding carboxylic acids is 1. The second-order valence-electron chi connectivity index (χ2n) is 6.46. The number of ether oxygens (including phenoxy) is 1. The van der Waals surface area contributed by atoms with E-state index in [0.717, 1.165) is 12.1 Å². The minimum atomic E-state index is -0.0895. The molecular weight excluding hydrogens is 320 g/mol. The normalized spacial score (nSPS) is 20.0. The fourth-order valence-electron chi connectivity index (χ4n) is 3.12. The molecule has 0 spiro atoms. The van der Waals surface area contributed by atoms with Crippen molar-refractivity contribution in [2.24, 2.45) is 0 Å². The Balaban J connectivity index is 1.81. The van der Waals surface area contributed by atoms with Crippen LogP contribution in [0.2, 0.25) is 0 Å². The molecule has 2 aromatic rings. The summed E-state index contributed by atoms with van der Waals surface area (Å²) >= 11 is 0. The molecule has 0 radical (unpaired) electrons. The number of carbonyl (C=O) groups is 1. The van der Waals surface area contributed by atoms with Crippen molar-refractivity contribution in [3.63, 3.8) is 0 Å². The molecule has 8 heteroatoms. The van der Waals surface area contributed by atoms with E-state index < -0.39 is 0 Å². The maximum absolute atomic E-state index is 13.0. The lowest BCUT2D eigenvalue weighted by molar-refractivity contribution is 0.0673. The number of nitrogens with two attached hydrogens (primary N) is 1. The second kappa shape index (κ2) is 7.10. The van der Waals surface area contributed by atoms with Crippen LogP contribution in [-0.2, 0) is 11.3 Å². The number of aromatic nitrogens is 3. The van der Waals surface area contributed by atoms with Crippen molar-refractivity contribution in [2.45, 2.75) is 25.1 Å². The molecule has 3 rings (SSSR count). The first-order valence-corrected chi connectivity index (χ1v) is 8.24. The molecule has 3 heterocycles. The minimum Gasteiger partial charge on any atom is -0.382 e. The van der Waals surface area contributed by atoms with Gasteiger partial charge in [-0.2, -0.15) is 5.10 Å². The highest BCUT2D eigenvalue weighted by molar-refractivity contribution is 5.93. The van der Waals surface area contributed by atoms with Crippen molar-refractivity contribution in [3.8, 4) is 0 Å². The van der Waals surface area contributed by atoms with Crippen LogP contribution in [0.3, 0.4) is 0 Å². The topological polar surface area (TPSA) is 89.5 Å². The molecular formula is C17H24N6O2. The highest BCUT2D eigenvalue weighted by atomic mass is 16.5. The van der Waals surface area contributed by atoms with Crippen LogP contribution in [0.4, 0.5) is 11.5 Å². The van der Waals surface area contributed by atoms with Crippen LogP contribution in [0.5, 0.6) is 0 Å². The fourth-order valence-corrected chi connectivity index (χ4v) is 3.12. The summed E-state index contributed by atoms with van der Waals surface area (Å²) < 4.78 is 7.25. The smallest absolute Gasteiger partial charge is 0.272 e. The molecule has 1 saturated heterocycles. The van der Waals surface area contributed by atoms with Crippen LogP contribution in [0.15, 0.2) is 30.6 Å². The van der Waals surface area contributed by atoms with Gasteiger partial charge < -0.3 is 20.3 Å². The third kappa shape index (κ3) is 3.74. The molecule has 0 bridgehead atoms. The monoisotopic (exact) mass is 344 g/mol. The van der Waals surface area contributed by atoms with E-state index in [1.54, 1.807) is 24.1 Å². The number of anilines is 2. The molecule has 1 amide bonds. The van der Waals surface area contributed by atoms with Gasteiger partial charge in [-0.05, 0) is 24.6 Å². The van der Waals surface area contributed by atoms with Crippen molar-refractivity contribution in [3.05, 3.63) is 36.3 Å². The molecule has 25 heavy (non-hydrogen) atoms. The first-order chi connectivity index (χ1) is 12.0. The van der Waals surface area contributed by atoms with Gasteiger partial charge in [0.15, 0.2) is 0 Å². The Morgan fingerprint density at radius 1 is 1.44 bits per heavy atom. The van der Waals surface area contributed by atoms with E-state index in [1.807, 2.05) is 42.2 Å². The Morgan fingerprint density at radius 2 is 2.24 bits per heavy atom. The van der Waals surface area contributed by atoms with Gasteiger partial charge in [0.2, 0.25) is 0 Å². The van der Waals surface area contributed by atoms with Gasteiger partial charge in [0.25, 0.3) is 5.91 Å². The molecule has 2 N–H and O–H groups in total. The van der Waals surface area contributed by atoms with Crippen molar-refractivity contribution < 1.29 is 9.53 Å². The summed E-state index contributed by atoms with van der Waals surface area (Å²) in [4.78, 5) is 21.1. The van der Waals surface area contributed by atoms with Gasteiger partial charge in [0.1, 0.15) is 11.5 Å². The predicted octanol–water partition coefficient (Wildman–Crippen LogP) is 0.856. The lowest BCUT2D eigenvalue weighted by atomic mass is 10.2. The largest absolute Gasteiger partial charge is 0.382 e. The number of likely N-dealkylation sites (tertiary alicyclic amines) is 1. The van der Waals surface area contributed by atoms with Gasteiger partial charge in [0, 0.05) is 45.8 Å². The van der Waals surface area contributed by atoms with E-state index in [1.165, 1.54) is 0 Å². The summed E-state index contributed by atoms with van der Waals surface area (Å²) in [7, 11) is 5.54. The van der Waals surface area contributed by atoms with Gasteiger partial charge >= 0.3 is 0 Å². The number of methoxy groups -OCH3 is 1. The average Bonchev–Trinajstić information content (AvgIpc) is 3.20. The molecule has 0 unspecified atom stereocenters. The van der Waals surface area contributed by atoms with E-state index >= 15 is 0 Å². The number of hydrogen-bond acceptors (Lipinski definition) is 6. The maximum Gasteiger partial charge on any atom is 0.272 e. The molecule has 1 aliphatic heterocycles. The molecule has 1 aliphatic rings. The first-order valence-electron chi connectivity index (χ1n) is 8.24. The van der Waals surface area contributed by atoms with Gasteiger partial charge in [-0.3, -0.25) is 14.5 Å². The molecule has 0 aromatic carbocycles. The number of rotatable bonds is 5. The van der Waals surface area contributed by atoms with Crippen LogP contribution in [-0.4, -0.2) is 65.5 Å². The summed E-state index contributed by atoms with van der Waals surface area (Å²) in [6, 6.07) is 5.42. The van der Waals surface area contributed by atoms with Crippen LogP contribution in [0.25, 0.3) is 0 Å². The molecule has 1 fully saturated rings. The van der Waals surface area contributed by atoms with Crippen molar-refractivity contribution >= 4 is 17.4 Å². The summed E-state index contributed by atoms with van der Waals surface area (Å²) in [6.07, 6.45) is 4.26. The van der Waals surface area contributed by atoms with E-state index in [-0.39, 0.29) is 18.1 Å². The predicted molar refractivity (Wildman–Crippen MR) is 95.4 cm³/mol. The first kappa shape index (κ1) is 17.2. The molecule has 0 aliphatic carbocycles. The molecule has 0 saturated carbocycles. The van der Waals surface area contributed by atoms with E-state index in [4.69, 9.17) is 10.5 Å². The zero-order valence-electron chi connectivity index (χ0n) is 14.8. The maximum atomic E-state index is 13.0. The number of nitrogens with zero attached hydrogens (tertiary/aromatic N) is 5. The second-order valence-corrected chi connectivity index (χ2v) is 6.46. The molecule has 134 valence electrons. The lowest BCUT2D eigenvalue weighted by Gasteiger charge is -2.24. The highest BCUT2D eigenvalue weighted by Gasteiger charge is 2.36. The number of pyridine rings is 1. The molecule has 2 atom stereocenters. The zero-order valence-corrected chi connectivity index (χ0v) is 14.8. The summed E-state index contributed by atoms with van der Waals surface area (Å²) in [5.41, 5.74) is 7.06. The fraction of sp³-hybridized carbons (Fsp3) is 0.471. The number of nitrogen functional groups attached to an aromatic ring is 1. The van der Waals surface area contributed by atoms with Crippen molar-refractivity contribution in [1.29, 1.82) is 0 Å². The SMILES string of the molecule is CO[C@H]1C[C@@H](Cn2ccc(N)n2)N(C(=O)c2cc(N(C)C)ccn2)C1. The van der Waals surface area contributed by atoms with Crippen LogP contribution in [0.1, 0.15) is 16.9 Å². The summed E-state index contributed by atoms with van der Waals surface area (Å²) in [6.45, 7) is 1.13. The third-order valence-electron chi connectivity index (χ3n) is 4.51. The Morgan fingerprint density at radius 3 is 2.88 bits per heavy atom. The van der Waals surface area contributed by atoms with Crippen molar-refractivity contribution in [2.75, 3.05) is 38.4 Å². The summed E-state index contributed by atoms with van der Waals surface area (Å²) in [5.74, 6) is 0.382. The Bertz CT molecular complexity index is 744. The quantitative estimate of drug-likeness (QED) is 0.865. The van der Waals surface area contributed by atoms with Gasteiger partial charge in [-0.25, -0.2) is 0 Å². The summed E-state index contributed by atoms with van der Waals surface area (Å²) in [5, 5.41) is 4.22. The number of hydrogen-bond donors (Lipinski definition) is 1. The third-order valence-corrected chi connectivity index (χ3v) is 4.51. The zero-order chi connectivity index (χ0) is 18.0. The Kier molecular flexibility index (Phi) is 4.89. The minimum absolute atomic E-state index is 0.0124. The molecule has 8 nitrogen and oxygen atoms in total. The van der Waals surface area contributed by atoms with E-state index in [9.17, 15) is 4.79 Å². The van der Waals surface area contributed by atoms with E-state index in [2.05, 4.69) is 10.1 Å². The Labute approximate surface area is 147 Å². The van der Waals surface area contributed by atoms with Crippen LogP contribution >= 0.6 is 0 Å². The van der Waals surface area contributed by atoms with Crippen LogP contribution < -0.4 is 10.6 Å². The Hall–Kier alpha value is -2.61. The number of amides is 1. The average molecular weight is 344 g/mol. The van der Waals surface area contributed by atoms with E-state index in [0.29, 0.717) is 24.6 Å². The van der Waals surface area contributed by atoms with Crippen LogP contribution in [0, 0.1) is 0 Å². The highest BCUT2D eigenvalue weighted by Crippen LogP contribution is 2.24. The standard InChI is InChI=1S/C17H24N6O2/c1-21(2)12-4-6-19-15(9-12)17(24)23-11-14(25-3)8-13(23)10-22-7-5-16(18)20-22/h4-7,9,13-14H,8,10-11H2,1-3H3,(H2,18,20)/t13-,14-/m0/s1. The lowest BCUT2D eigenvalue weighted by Crippen LogP contribution is -2.39.